The maximum Gasteiger partial charge on any atom is 0.115 e. The van der Waals surface area contributed by atoms with E-state index in [4.69, 9.17) is 0 Å². The second-order valence-corrected chi connectivity index (χ2v) is 5.90. The van der Waals surface area contributed by atoms with E-state index in [1.165, 1.54) is 11.1 Å². The minimum atomic E-state index is 0.340. The van der Waals surface area contributed by atoms with Crippen LogP contribution in [-0.4, -0.2) is 11.7 Å². The monoisotopic (exact) mass is 323 g/mol. The van der Waals surface area contributed by atoms with E-state index in [9.17, 15) is 5.11 Å². The van der Waals surface area contributed by atoms with Crippen molar-refractivity contribution in [2.24, 2.45) is 5.92 Å². The van der Waals surface area contributed by atoms with Gasteiger partial charge in [-0.15, -0.1) is 6.58 Å². The fourth-order valence-electron chi connectivity index (χ4n) is 2.01. The third-order valence-electron chi connectivity index (χ3n) is 3.07. The highest BCUT2D eigenvalue weighted by molar-refractivity contribution is 9.11. The van der Waals surface area contributed by atoms with E-state index in [0.29, 0.717) is 11.7 Å². The van der Waals surface area contributed by atoms with E-state index in [0.717, 1.165) is 23.9 Å². The van der Waals surface area contributed by atoms with E-state index in [2.05, 4.69) is 34.7 Å². The van der Waals surface area contributed by atoms with Crippen LogP contribution in [0.1, 0.15) is 25.0 Å². The van der Waals surface area contributed by atoms with Gasteiger partial charge in [-0.1, -0.05) is 35.0 Å². The molecule has 0 amide bonds. The molecule has 2 N–H and O–H groups in total. The molecule has 0 aliphatic heterocycles. The van der Waals surface area contributed by atoms with Crippen molar-refractivity contribution in [2.45, 2.75) is 26.7 Å². The predicted octanol–water partition coefficient (Wildman–Crippen LogP) is 4.15. The van der Waals surface area contributed by atoms with Gasteiger partial charge in [0.15, 0.2) is 0 Å². The normalized spacial score (nSPS) is 13.1. The second kappa shape index (κ2) is 8.05. The van der Waals surface area contributed by atoms with Crippen LogP contribution < -0.4 is 5.32 Å². The minimum absolute atomic E-state index is 0.340. The van der Waals surface area contributed by atoms with Crippen LogP contribution in [0.2, 0.25) is 0 Å². The first-order chi connectivity index (χ1) is 9.06. The van der Waals surface area contributed by atoms with Crippen LogP contribution in [-0.2, 0) is 12.8 Å². The summed E-state index contributed by atoms with van der Waals surface area (Å²) in [5.74, 6) is 0.713. The Morgan fingerprint density at radius 3 is 2.79 bits per heavy atom. The van der Waals surface area contributed by atoms with Crippen molar-refractivity contribution >= 4 is 15.9 Å². The molecule has 0 radical (unpaired) electrons. The summed E-state index contributed by atoms with van der Waals surface area (Å²) in [5, 5.41) is 12.8. The summed E-state index contributed by atoms with van der Waals surface area (Å²) in [5.41, 5.74) is 2.49. The Kier molecular flexibility index (Phi) is 6.71. The highest BCUT2D eigenvalue weighted by Crippen LogP contribution is 2.20. The molecule has 104 valence electrons. The highest BCUT2D eigenvalue weighted by atomic mass is 79.9. The first-order valence-electron chi connectivity index (χ1n) is 6.55. The molecule has 0 spiro atoms. The van der Waals surface area contributed by atoms with Gasteiger partial charge in [0.1, 0.15) is 5.75 Å². The summed E-state index contributed by atoms with van der Waals surface area (Å²) in [6.07, 6.45) is 5.81. The Morgan fingerprint density at radius 2 is 2.21 bits per heavy atom. The Balaban J connectivity index is 2.70. The van der Waals surface area contributed by atoms with Gasteiger partial charge < -0.3 is 10.4 Å². The third kappa shape index (κ3) is 5.52. The standard InChI is InChI=1S/C16H22BrNO/c1-4-13(11-18-10-12(3)17)8-15-6-7-16(19)9-14(15)5-2/h4,6-7,9-10,13,18-19H,1,5,8,11H2,2-3H3/b12-10+. The molecule has 0 heterocycles. The quantitative estimate of drug-likeness (QED) is 0.739. The minimum Gasteiger partial charge on any atom is -0.508 e. The van der Waals surface area contributed by atoms with Crippen LogP contribution in [0, 0.1) is 5.92 Å². The Bertz CT molecular complexity index is 450. The number of aromatic hydroxyl groups is 1. The Hall–Kier alpha value is -1.22. The van der Waals surface area contributed by atoms with E-state index < -0.39 is 0 Å². The van der Waals surface area contributed by atoms with Crippen molar-refractivity contribution in [3.05, 3.63) is 52.7 Å². The smallest absolute Gasteiger partial charge is 0.115 e. The van der Waals surface area contributed by atoms with Crippen LogP contribution in [0.5, 0.6) is 5.75 Å². The first kappa shape index (κ1) is 15.8. The number of rotatable bonds is 7. The summed E-state index contributed by atoms with van der Waals surface area (Å²) >= 11 is 3.39. The first-order valence-corrected chi connectivity index (χ1v) is 7.35. The molecule has 1 aromatic rings. The van der Waals surface area contributed by atoms with Crippen LogP contribution in [0.4, 0.5) is 0 Å². The van der Waals surface area contributed by atoms with Gasteiger partial charge in [-0.2, -0.15) is 0 Å². The van der Waals surface area contributed by atoms with Crippen molar-refractivity contribution in [1.82, 2.24) is 5.32 Å². The van der Waals surface area contributed by atoms with Gasteiger partial charge in [0.25, 0.3) is 0 Å². The molecule has 0 aromatic heterocycles. The van der Waals surface area contributed by atoms with Crippen LogP contribution in [0.15, 0.2) is 41.5 Å². The number of phenols is 1. The Morgan fingerprint density at radius 1 is 1.47 bits per heavy atom. The lowest BCUT2D eigenvalue weighted by Crippen LogP contribution is -2.19. The van der Waals surface area contributed by atoms with Crippen molar-refractivity contribution < 1.29 is 5.11 Å². The summed E-state index contributed by atoms with van der Waals surface area (Å²) in [6.45, 7) is 8.86. The number of nitrogens with one attached hydrogen (secondary N) is 1. The molecular weight excluding hydrogens is 302 g/mol. The molecule has 0 aliphatic carbocycles. The van der Waals surface area contributed by atoms with Crippen molar-refractivity contribution in [3.63, 3.8) is 0 Å². The molecule has 0 saturated carbocycles. The van der Waals surface area contributed by atoms with Gasteiger partial charge in [-0.05, 0) is 48.9 Å². The molecule has 1 unspecified atom stereocenters. The van der Waals surface area contributed by atoms with Gasteiger partial charge in [0.2, 0.25) is 0 Å². The number of hydrogen-bond donors (Lipinski definition) is 2. The number of aryl methyl sites for hydroxylation is 1. The maximum atomic E-state index is 9.52. The molecule has 0 saturated heterocycles. The highest BCUT2D eigenvalue weighted by Gasteiger charge is 2.08. The molecule has 0 bridgehead atoms. The molecule has 1 atom stereocenters. The average Bonchev–Trinajstić information content (AvgIpc) is 2.38. The van der Waals surface area contributed by atoms with E-state index in [1.807, 2.05) is 31.3 Å². The number of allylic oxidation sites excluding steroid dienone is 1. The summed E-state index contributed by atoms with van der Waals surface area (Å²) in [7, 11) is 0. The zero-order valence-electron chi connectivity index (χ0n) is 11.6. The Labute approximate surface area is 124 Å². The summed E-state index contributed by atoms with van der Waals surface area (Å²) in [4.78, 5) is 0. The van der Waals surface area contributed by atoms with Crippen LogP contribution >= 0.6 is 15.9 Å². The molecule has 3 heteroatoms. The van der Waals surface area contributed by atoms with Gasteiger partial charge in [0, 0.05) is 17.2 Å². The largest absolute Gasteiger partial charge is 0.508 e. The van der Waals surface area contributed by atoms with Gasteiger partial charge in [-0.25, -0.2) is 0 Å². The molecule has 2 nitrogen and oxygen atoms in total. The fraction of sp³-hybridized carbons (Fsp3) is 0.375. The zero-order chi connectivity index (χ0) is 14.3. The number of hydrogen-bond acceptors (Lipinski definition) is 2. The lowest BCUT2D eigenvalue weighted by atomic mass is 9.94. The second-order valence-electron chi connectivity index (χ2n) is 4.65. The number of halogens is 1. The molecular formula is C16H22BrNO. The van der Waals surface area contributed by atoms with Crippen molar-refractivity contribution in [1.29, 1.82) is 0 Å². The van der Waals surface area contributed by atoms with E-state index in [-0.39, 0.29) is 0 Å². The maximum absolute atomic E-state index is 9.52. The lowest BCUT2D eigenvalue weighted by Gasteiger charge is -2.15. The van der Waals surface area contributed by atoms with Gasteiger partial charge in [0.05, 0.1) is 0 Å². The van der Waals surface area contributed by atoms with Crippen molar-refractivity contribution in [3.8, 4) is 5.75 Å². The summed E-state index contributed by atoms with van der Waals surface area (Å²) in [6, 6.07) is 5.62. The number of benzene rings is 1. The molecule has 1 rings (SSSR count). The SMILES string of the molecule is C=CC(CN/C=C(\C)Br)Cc1ccc(O)cc1CC. The lowest BCUT2D eigenvalue weighted by molar-refractivity contribution is 0.474. The number of phenolic OH excluding ortho intramolecular Hbond substituents is 1. The third-order valence-corrected chi connectivity index (χ3v) is 3.30. The fourth-order valence-corrected chi connectivity index (χ4v) is 2.17. The topological polar surface area (TPSA) is 32.3 Å². The molecule has 1 aromatic carbocycles. The predicted molar refractivity (Wildman–Crippen MR) is 85.6 cm³/mol. The van der Waals surface area contributed by atoms with Crippen LogP contribution in [0.3, 0.4) is 0 Å². The molecule has 0 fully saturated rings. The average molecular weight is 324 g/mol. The van der Waals surface area contributed by atoms with E-state index in [1.54, 1.807) is 6.07 Å². The van der Waals surface area contributed by atoms with Crippen molar-refractivity contribution in [2.75, 3.05) is 6.54 Å². The summed E-state index contributed by atoms with van der Waals surface area (Å²) < 4.78 is 1.08. The van der Waals surface area contributed by atoms with E-state index >= 15 is 0 Å². The molecule has 19 heavy (non-hydrogen) atoms. The molecule has 0 aliphatic rings. The zero-order valence-corrected chi connectivity index (χ0v) is 13.2. The van der Waals surface area contributed by atoms with Gasteiger partial charge in [-0.3, -0.25) is 0 Å². The van der Waals surface area contributed by atoms with Gasteiger partial charge >= 0.3 is 0 Å². The van der Waals surface area contributed by atoms with Crippen LogP contribution in [0.25, 0.3) is 0 Å².